The highest BCUT2D eigenvalue weighted by Gasteiger charge is 2.18. The molecule has 5 rings (SSSR count). The molecular weight excluding hydrogens is 1140 g/mol. The third kappa shape index (κ3) is 27.9. The number of nitrogens with one attached hydrogen (secondary N) is 4. The normalized spacial score (nSPS) is 10.2. The van der Waals surface area contributed by atoms with Crippen molar-refractivity contribution in [2.45, 2.75) is 78.4 Å². The van der Waals surface area contributed by atoms with Crippen molar-refractivity contribution in [3.05, 3.63) is 149 Å². The number of nitrogens with zero attached hydrogens (tertiary/aromatic N) is 4. The number of halogens is 2. The highest BCUT2D eigenvalue weighted by atomic mass is 127. The summed E-state index contributed by atoms with van der Waals surface area (Å²) >= 11 is 9.20. The number of alkyl carbamates (subject to hydrolysis) is 2. The third-order valence-corrected chi connectivity index (χ3v) is 11.1. The molecule has 0 spiro atoms. The van der Waals surface area contributed by atoms with Gasteiger partial charge in [-0.3, -0.25) is 30.3 Å². The van der Waals surface area contributed by atoms with E-state index in [2.05, 4.69) is 64.7 Å². The van der Waals surface area contributed by atoms with Crippen molar-refractivity contribution in [1.82, 2.24) is 25.4 Å². The SMILES string of the molecule is C=CCNC(=O)OC(C)(C)C.COC(=O)c1ccccc1CCCNC(=O)OC(C)(C)C.COC(=O)c1ccccc1I.Nc1ncc([N+](=O)[O-])s1.O=C(Nc1ncc([N+](=O)[O-])s1)c1ccccc1CCCNCl. The summed E-state index contributed by atoms with van der Waals surface area (Å²) in [6.07, 6.45) is 5.91. The van der Waals surface area contributed by atoms with Crippen LogP contribution in [0.5, 0.6) is 0 Å². The molecular formula is C48H61ClIN9O13S2. The van der Waals surface area contributed by atoms with Gasteiger partial charge in [-0.2, -0.15) is 0 Å². The average molecular weight is 1200 g/mol. The Hall–Kier alpha value is -6.81. The number of esters is 2. The van der Waals surface area contributed by atoms with Crippen molar-refractivity contribution in [2.75, 3.05) is 44.9 Å². The monoisotopic (exact) mass is 1200 g/mol. The maximum Gasteiger partial charge on any atom is 0.407 e. The first kappa shape index (κ1) is 65.2. The molecule has 6 N–H and O–H groups in total. The van der Waals surface area contributed by atoms with Crippen LogP contribution < -0.4 is 26.5 Å². The summed E-state index contributed by atoms with van der Waals surface area (Å²) in [7, 11) is 2.74. The van der Waals surface area contributed by atoms with Gasteiger partial charge in [-0.1, -0.05) is 54.6 Å². The zero-order chi connectivity index (χ0) is 55.9. The summed E-state index contributed by atoms with van der Waals surface area (Å²) < 4.78 is 20.3. The van der Waals surface area contributed by atoms with Crippen molar-refractivity contribution >= 4 is 107 Å². The molecule has 22 nitrogen and oxygen atoms in total. The van der Waals surface area contributed by atoms with E-state index in [0.717, 1.165) is 56.2 Å². The number of nitrogens with two attached hydrogens (primary N) is 1. The van der Waals surface area contributed by atoms with Crippen molar-refractivity contribution in [2.24, 2.45) is 0 Å². The summed E-state index contributed by atoms with van der Waals surface area (Å²) in [5.41, 5.74) is 7.71. The number of amides is 3. The first-order valence-electron chi connectivity index (χ1n) is 22.1. The maximum atomic E-state index is 12.3. The van der Waals surface area contributed by atoms with Crippen LogP contribution in [-0.2, 0) is 31.8 Å². The summed E-state index contributed by atoms with van der Waals surface area (Å²) in [5.74, 6) is -0.959. The molecule has 5 aromatic rings. The topological polar surface area (TPSA) is 308 Å². The lowest BCUT2D eigenvalue weighted by Crippen LogP contribution is -2.33. The van der Waals surface area contributed by atoms with Gasteiger partial charge in [-0.05, 0) is 160 Å². The van der Waals surface area contributed by atoms with Gasteiger partial charge in [0.2, 0.25) is 0 Å². The van der Waals surface area contributed by atoms with Crippen LogP contribution in [0.2, 0.25) is 0 Å². The minimum absolute atomic E-state index is 0.0208. The van der Waals surface area contributed by atoms with Crippen LogP contribution in [0.25, 0.3) is 0 Å². The zero-order valence-corrected chi connectivity index (χ0v) is 46.6. The molecule has 0 aliphatic carbocycles. The van der Waals surface area contributed by atoms with E-state index in [1.807, 2.05) is 84.0 Å². The standard InChI is InChI=1S/C16H23NO4.C13H13ClN4O3S.C8H7IO2.C8H15NO2.C3H3N3O2S/c1-16(2,3)21-15(19)17-11-7-9-12-8-5-6-10-13(12)14(18)20-4;14-16-7-3-5-9-4-1-2-6-10(9)12(19)17-13-15-8-11(22-13)18(20)21;1-11-8(10)6-4-2-3-5-7(6)9;1-5-6-9-7(10)11-8(2,3)4;4-3-5-1-2(9-3)6(7)8/h5-6,8,10H,7,9,11H2,1-4H3,(H,17,19);1-2,4,6,8,16H,3,5,7H2,(H,15,17,19);2-5H,1H3;5H,1,6H2,2-4H3,(H,9,10);1H,(H2,4,5). The fourth-order valence-electron chi connectivity index (χ4n) is 5.28. The molecule has 2 heterocycles. The van der Waals surface area contributed by atoms with Gasteiger partial charge >= 0.3 is 34.1 Å². The number of hydrogen-bond acceptors (Lipinski definition) is 19. The Kier molecular flexibility index (Phi) is 30.5. The highest BCUT2D eigenvalue weighted by Crippen LogP contribution is 2.26. The summed E-state index contributed by atoms with van der Waals surface area (Å²) in [6, 6.07) is 21.8. The first-order valence-corrected chi connectivity index (χ1v) is 25.2. The number of thiazole rings is 2. The fourth-order valence-corrected chi connectivity index (χ4v) is 7.15. The second-order valence-corrected chi connectivity index (χ2v) is 20.0. The van der Waals surface area contributed by atoms with Gasteiger partial charge < -0.3 is 35.3 Å². The highest BCUT2D eigenvalue weighted by molar-refractivity contribution is 14.1. The Balaban J connectivity index is 0.000000485. The molecule has 26 heteroatoms. The van der Waals surface area contributed by atoms with Gasteiger partial charge in [-0.25, -0.2) is 34.0 Å². The molecule has 0 radical (unpaired) electrons. The first-order chi connectivity index (χ1) is 34.9. The fraction of sp³-hybridized carbons (Fsp3) is 0.354. The van der Waals surface area contributed by atoms with E-state index in [4.69, 9.17) is 31.7 Å². The molecule has 74 heavy (non-hydrogen) atoms. The largest absolute Gasteiger partial charge is 0.465 e. The van der Waals surface area contributed by atoms with Gasteiger partial charge in [0, 0.05) is 28.8 Å². The van der Waals surface area contributed by atoms with Crippen molar-refractivity contribution in [3.63, 3.8) is 0 Å². The lowest BCUT2D eigenvalue weighted by molar-refractivity contribution is -0.380. The average Bonchev–Trinajstić information content (AvgIpc) is 4.01. The lowest BCUT2D eigenvalue weighted by Gasteiger charge is -2.19. The van der Waals surface area contributed by atoms with Crippen LogP contribution in [0.15, 0.2) is 97.8 Å². The van der Waals surface area contributed by atoms with E-state index in [9.17, 15) is 44.2 Å². The smallest absolute Gasteiger partial charge is 0.407 e. The summed E-state index contributed by atoms with van der Waals surface area (Å²) in [6.45, 7) is 15.9. The molecule has 0 aliphatic rings. The Morgan fingerprint density at radius 1 is 0.716 bits per heavy atom. The van der Waals surface area contributed by atoms with E-state index in [1.165, 1.54) is 14.2 Å². The van der Waals surface area contributed by atoms with Crippen molar-refractivity contribution in [3.8, 4) is 0 Å². The molecule has 0 aliphatic heterocycles. The summed E-state index contributed by atoms with van der Waals surface area (Å²) in [5, 5.41) is 28.6. The van der Waals surface area contributed by atoms with Gasteiger partial charge in [0.1, 0.15) is 23.6 Å². The van der Waals surface area contributed by atoms with Crippen molar-refractivity contribution in [1.29, 1.82) is 0 Å². The second kappa shape index (κ2) is 34.6. The van der Waals surface area contributed by atoms with Gasteiger partial charge in [0.05, 0.1) is 35.2 Å². The number of carbonyl (C=O) groups excluding carboxylic acids is 5. The number of aromatic nitrogens is 2. The minimum Gasteiger partial charge on any atom is -0.465 e. The molecule has 2 aromatic heterocycles. The third-order valence-electron chi connectivity index (χ3n) is 8.35. The molecule has 0 saturated carbocycles. The molecule has 0 bridgehead atoms. The number of nitro groups is 2. The molecule has 0 saturated heterocycles. The van der Waals surface area contributed by atoms with Crippen LogP contribution in [0, 0.1) is 23.8 Å². The van der Waals surface area contributed by atoms with Crippen LogP contribution in [-0.4, -0.2) is 94.9 Å². The number of methoxy groups -OCH3 is 2. The zero-order valence-electron chi connectivity index (χ0n) is 42.1. The Morgan fingerprint density at radius 3 is 1.64 bits per heavy atom. The number of carbonyl (C=O) groups is 5. The molecule has 3 aromatic carbocycles. The van der Waals surface area contributed by atoms with E-state index in [1.54, 1.807) is 36.4 Å². The molecule has 0 fully saturated rings. The predicted molar refractivity (Wildman–Crippen MR) is 294 cm³/mol. The molecule has 0 unspecified atom stereocenters. The van der Waals surface area contributed by atoms with E-state index in [-0.39, 0.29) is 38.1 Å². The van der Waals surface area contributed by atoms with E-state index < -0.39 is 33.2 Å². The molecule has 3 amide bonds. The van der Waals surface area contributed by atoms with E-state index in [0.29, 0.717) is 55.6 Å². The number of hydrogen-bond donors (Lipinski definition) is 5. The molecule has 402 valence electrons. The number of anilines is 2. The second-order valence-electron chi connectivity index (χ2n) is 16.5. The summed E-state index contributed by atoms with van der Waals surface area (Å²) in [4.78, 5) is 86.6. The Labute approximate surface area is 455 Å². The number of aryl methyl sites for hydroxylation is 2. The predicted octanol–water partition coefficient (Wildman–Crippen LogP) is 10.3. The maximum absolute atomic E-state index is 12.3. The number of ether oxygens (including phenoxy) is 4. The Bertz CT molecular complexity index is 2600. The number of benzene rings is 3. The number of nitrogen functional groups attached to an aromatic ring is 1. The van der Waals surface area contributed by atoms with Crippen LogP contribution in [0.4, 0.5) is 29.9 Å². The van der Waals surface area contributed by atoms with Gasteiger partial charge in [0.15, 0.2) is 10.3 Å². The van der Waals surface area contributed by atoms with Gasteiger partial charge in [0.25, 0.3) is 5.91 Å². The molecule has 0 atom stereocenters. The number of rotatable bonds is 16. The Morgan fingerprint density at radius 2 is 1.18 bits per heavy atom. The van der Waals surface area contributed by atoms with Crippen LogP contribution in [0.3, 0.4) is 0 Å². The van der Waals surface area contributed by atoms with Crippen molar-refractivity contribution < 1.29 is 52.8 Å². The quantitative estimate of drug-likeness (QED) is 0.00896. The van der Waals surface area contributed by atoms with Gasteiger partial charge in [-0.15, -0.1) is 6.58 Å². The van der Waals surface area contributed by atoms with Crippen LogP contribution in [0.1, 0.15) is 96.6 Å². The minimum atomic E-state index is -0.541. The van der Waals surface area contributed by atoms with E-state index >= 15 is 0 Å². The lowest BCUT2D eigenvalue weighted by atomic mass is 10.0. The van der Waals surface area contributed by atoms with Crippen LogP contribution >= 0.6 is 57.0 Å².